The number of nitrogens with one attached hydrogen (secondary N) is 1. The predicted molar refractivity (Wildman–Crippen MR) is 76.0 cm³/mol. The van der Waals surface area contributed by atoms with E-state index >= 15 is 0 Å². The average Bonchev–Trinajstić information content (AvgIpc) is 2.37. The summed E-state index contributed by atoms with van der Waals surface area (Å²) in [7, 11) is 0. The summed E-state index contributed by atoms with van der Waals surface area (Å²) >= 11 is 1.43. The van der Waals surface area contributed by atoms with Gasteiger partial charge in [-0.15, -0.1) is 11.8 Å². The standard InChI is InChI=1S/C13H20N2O2S/c1-3-7-15-13(16)9-18-12-8-10(17-4-2)5-6-11(12)14/h5-6,8H,3-4,7,9,14H2,1-2H3,(H,15,16). The quantitative estimate of drug-likeness (QED) is 0.588. The van der Waals surface area contributed by atoms with E-state index in [1.807, 2.05) is 26.0 Å². The van der Waals surface area contributed by atoms with Gasteiger partial charge in [0.25, 0.3) is 0 Å². The van der Waals surface area contributed by atoms with Crippen LogP contribution in [0.25, 0.3) is 0 Å². The summed E-state index contributed by atoms with van der Waals surface area (Å²) in [5.41, 5.74) is 6.54. The van der Waals surface area contributed by atoms with Crippen molar-refractivity contribution in [2.75, 3.05) is 24.6 Å². The van der Waals surface area contributed by atoms with Crippen LogP contribution in [-0.4, -0.2) is 24.8 Å². The molecule has 18 heavy (non-hydrogen) atoms. The van der Waals surface area contributed by atoms with Crippen LogP contribution in [0.1, 0.15) is 20.3 Å². The zero-order chi connectivity index (χ0) is 13.4. The highest BCUT2D eigenvalue weighted by Gasteiger charge is 2.06. The maximum absolute atomic E-state index is 11.5. The van der Waals surface area contributed by atoms with E-state index in [9.17, 15) is 4.79 Å². The van der Waals surface area contributed by atoms with E-state index in [1.165, 1.54) is 11.8 Å². The number of benzene rings is 1. The van der Waals surface area contributed by atoms with Crippen molar-refractivity contribution in [3.05, 3.63) is 18.2 Å². The number of hydrogen-bond acceptors (Lipinski definition) is 4. The second kappa shape index (κ2) is 7.87. The molecule has 0 saturated carbocycles. The summed E-state index contributed by atoms with van der Waals surface area (Å²) in [6.45, 7) is 5.29. The lowest BCUT2D eigenvalue weighted by atomic mass is 10.3. The Kier molecular flexibility index (Phi) is 6.43. The number of nitrogen functional groups attached to an aromatic ring is 1. The van der Waals surface area contributed by atoms with Gasteiger partial charge in [0.2, 0.25) is 5.91 Å². The van der Waals surface area contributed by atoms with Gasteiger partial charge >= 0.3 is 0 Å². The SMILES string of the molecule is CCCNC(=O)CSc1cc(OCC)ccc1N. The van der Waals surface area contributed by atoms with Gasteiger partial charge in [0, 0.05) is 17.1 Å². The number of carbonyl (C=O) groups is 1. The molecule has 1 amide bonds. The Hall–Kier alpha value is -1.36. The van der Waals surface area contributed by atoms with Gasteiger partial charge in [-0.05, 0) is 31.5 Å². The second-order valence-electron chi connectivity index (χ2n) is 3.77. The third-order valence-corrected chi connectivity index (χ3v) is 3.30. The molecule has 0 aliphatic heterocycles. The van der Waals surface area contributed by atoms with Gasteiger partial charge in [-0.1, -0.05) is 6.92 Å². The lowest BCUT2D eigenvalue weighted by Crippen LogP contribution is -2.25. The van der Waals surface area contributed by atoms with Crippen LogP contribution in [0.5, 0.6) is 5.75 Å². The number of rotatable bonds is 7. The minimum absolute atomic E-state index is 0.0306. The molecule has 1 rings (SSSR count). The van der Waals surface area contributed by atoms with Crippen molar-refractivity contribution < 1.29 is 9.53 Å². The molecule has 0 atom stereocenters. The van der Waals surface area contributed by atoms with Gasteiger partial charge < -0.3 is 15.8 Å². The minimum Gasteiger partial charge on any atom is -0.494 e. The van der Waals surface area contributed by atoms with Crippen molar-refractivity contribution in [2.24, 2.45) is 0 Å². The molecule has 0 aromatic heterocycles. The summed E-state index contributed by atoms with van der Waals surface area (Å²) in [6, 6.07) is 5.51. The molecule has 0 aliphatic rings. The molecule has 0 unspecified atom stereocenters. The predicted octanol–water partition coefficient (Wildman–Crippen LogP) is 2.29. The molecule has 1 aromatic carbocycles. The van der Waals surface area contributed by atoms with Crippen molar-refractivity contribution in [3.8, 4) is 5.75 Å². The van der Waals surface area contributed by atoms with Gasteiger partial charge in [0.1, 0.15) is 5.75 Å². The Morgan fingerprint density at radius 2 is 2.22 bits per heavy atom. The fourth-order valence-corrected chi connectivity index (χ4v) is 2.18. The third-order valence-electron chi connectivity index (χ3n) is 2.23. The first kappa shape index (κ1) is 14.7. The first-order valence-corrected chi connectivity index (χ1v) is 7.07. The average molecular weight is 268 g/mol. The lowest BCUT2D eigenvalue weighted by Gasteiger charge is -2.09. The molecule has 5 heteroatoms. The van der Waals surface area contributed by atoms with E-state index in [-0.39, 0.29) is 5.91 Å². The van der Waals surface area contributed by atoms with Crippen molar-refractivity contribution in [3.63, 3.8) is 0 Å². The van der Waals surface area contributed by atoms with Crippen molar-refractivity contribution in [1.29, 1.82) is 0 Å². The number of ether oxygens (including phenoxy) is 1. The van der Waals surface area contributed by atoms with Crippen LogP contribution in [0.15, 0.2) is 23.1 Å². The van der Waals surface area contributed by atoms with Crippen molar-refractivity contribution in [1.82, 2.24) is 5.32 Å². The molecule has 0 saturated heterocycles. The number of thioether (sulfide) groups is 1. The van der Waals surface area contributed by atoms with Gasteiger partial charge in [-0.2, -0.15) is 0 Å². The van der Waals surface area contributed by atoms with Crippen LogP contribution in [-0.2, 0) is 4.79 Å². The lowest BCUT2D eigenvalue weighted by molar-refractivity contribution is -0.118. The van der Waals surface area contributed by atoms with Gasteiger partial charge in [0.15, 0.2) is 0 Å². The van der Waals surface area contributed by atoms with E-state index in [2.05, 4.69) is 5.32 Å². The number of anilines is 1. The highest BCUT2D eigenvalue weighted by atomic mass is 32.2. The molecular formula is C13H20N2O2S. The van der Waals surface area contributed by atoms with Crippen molar-refractivity contribution in [2.45, 2.75) is 25.2 Å². The zero-order valence-corrected chi connectivity index (χ0v) is 11.7. The Morgan fingerprint density at radius 1 is 1.44 bits per heavy atom. The second-order valence-corrected chi connectivity index (χ2v) is 4.79. The number of hydrogen-bond donors (Lipinski definition) is 2. The fourth-order valence-electron chi connectivity index (χ4n) is 1.35. The van der Waals surface area contributed by atoms with Crippen LogP contribution in [0.2, 0.25) is 0 Å². The molecule has 0 fully saturated rings. The Balaban J connectivity index is 2.55. The van der Waals surface area contributed by atoms with E-state index in [0.29, 0.717) is 24.6 Å². The van der Waals surface area contributed by atoms with Crippen LogP contribution in [0.4, 0.5) is 5.69 Å². The van der Waals surface area contributed by atoms with Crippen molar-refractivity contribution >= 4 is 23.4 Å². The monoisotopic (exact) mass is 268 g/mol. The van der Waals surface area contributed by atoms with E-state index < -0.39 is 0 Å². The van der Waals surface area contributed by atoms with E-state index in [1.54, 1.807) is 6.07 Å². The number of amides is 1. The summed E-state index contributed by atoms with van der Waals surface area (Å²) in [4.78, 5) is 12.4. The van der Waals surface area contributed by atoms with Crippen LogP contribution in [0, 0.1) is 0 Å². The Bertz CT molecular complexity index is 397. The van der Waals surface area contributed by atoms with E-state index in [4.69, 9.17) is 10.5 Å². The number of carbonyl (C=O) groups excluding carboxylic acids is 1. The van der Waals surface area contributed by atoms with E-state index in [0.717, 1.165) is 17.1 Å². The van der Waals surface area contributed by atoms with Gasteiger partial charge in [0.05, 0.1) is 12.4 Å². The highest BCUT2D eigenvalue weighted by molar-refractivity contribution is 8.00. The largest absolute Gasteiger partial charge is 0.494 e. The summed E-state index contributed by atoms with van der Waals surface area (Å²) < 4.78 is 5.40. The topological polar surface area (TPSA) is 64.3 Å². The fraction of sp³-hybridized carbons (Fsp3) is 0.462. The zero-order valence-electron chi connectivity index (χ0n) is 10.9. The molecule has 100 valence electrons. The molecule has 4 nitrogen and oxygen atoms in total. The molecule has 0 spiro atoms. The number of nitrogens with two attached hydrogens (primary N) is 1. The van der Waals surface area contributed by atoms with Crippen LogP contribution >= 0.6 is 11.8 Å². The Morgan fingerprint density at radius 3 is 2.89 bits per heavy atom. The third kappa shape index (κ3) is 4.87. The molecule has 0 radical (unpaired) electrons. The maximum atomic E-state index is 11.5. The molecule has 0 bridgehead atoms. The van der Waals surface area contributed by atoms with Gasteiger partial charge in [-0.25, -0.2) is 0 Å². The minimum atomic E-state index is 0.0306. The smallest absolute Gasteiger partial charge is 0.230 e. The molecule has 0 heterocycles. The molecule has 1 aromatic rings. The van der Waals surface area contributed by atoms with Gasteiger partial charge in [-0.3, -0.25) is 4.79 Å². The maximum Gasteiger partial charge on any atom is 0.230 e. The Labute approximate surface area is 112 Å². The first-order valence-electron chi connectivity index (χ1n) is 6.09. The molecule has 0 aliphatic carbocycles. The highest BCUT2D eigenvalue weighted by Crippen LogP contribution is 2.29. The summed E-state index contributed by atoms with van der Waals surface area (Å²) in [5.74, 6) is 1.19. The molecule has 3 N–H and O–H groups in total. The normalized spacial score (nSPS) is 10.1. The van der Waals surface area contributed by atoms with Crippen LogP contribution < -0.4 is 15.8 Å². The van der Waals surface area contributed by atoms with Crippen LogP contribution in [0.3, 0.4) is 0 Å². The molecular weight excluding hydrogens is 248 g/mol. The summed E-state index contributed by atoms with van der Waals surface area (Å²) in [5, 5.41) is 2.83. The first-order chi connectivity index (χ1) is 8.67. The summed E-state index contributed by atoms with van der Waals surface area (Å²) in [6.07, 6.45) is 0.943.